The van der Waals surface area contributed by atoms with Gasteiger partial charge in [0, 0.05) is 14.9 Å². The highest BCUT2D eigenvalue weighted by Gasteiger charge is 2.07. The minimum atomic E-state index is -1.30. The van der Waals surface area contributed by atoms with Crippen molar-refractivity contribution in [1.82, 2.24) is 0 Å². The van der Waals surface area contributed by atoms with Gasteiger partial charge >= 0.3 is 5.97 Å². The third-order valence-corrected chi connectivity index (χ3v) is 2.35. The third-order valence-electron chi connectivity index (χ3n) is 1.86. The highest BCUT2D eigenvalue weighted by molar-refractivity contribution is 9.10. The van der Waals surface area contributed by atoms with Crippen molar-refractivity contribution in [2.75, 3.05) is 7.11 Å². The van der Waals surface area contributed by atoms with E-state index in [1.165, 1.54) is 13.2 Å². The Morgan fingerprint density at radius 1 is 1.65 bits per heavy atom. The molecule has 0 aliphatic rings. The Morgan fingerprint density at radius 3 is 2.88 bits per heavy atom. The van der Waals surface area contributed by atoms with Crippen LogP contribution in [0, 0.1) is 0 Å². The summed E-state index contributed by atoms with van der Waals surface area (Å²) in [5.74, 6) is -0.815. The predicted octanol–water partition coefficient (Wildman–Crippen LogP) is 3.19. The maximum absolute atomic E-state index is 10.8. The van der Waals surface area contributed by atoms with Crippen LogP contribution in [0.2, 0.25) is 0 Å². The van der Waals surface area contributed by atoms with Crippen molar-refractivity contribution in [3.63, 3.8) is 0 Å². The minimum Gasteiger partial charge on any atom is -0.496 e. The van der Waals surface area contributed by atoms with E-state index in [-0.39, 0.29) is 0 Å². The molecule has 88 valence electrons. The highest BCUT2D eigenvalue weighted by Crippen LogP contribution is 2.25. The summed E-state index contributed by atoms with van der Waals surface area (Å²) < 4.78 is 5.83. The molecule has 0 heterocycles. The number of halogens is 1. The van der Waals surface area contributed by atoms with Crippen molar-refractivity contribution >= 4 is 28.0 Å². The van der Waals surface area contributed by atoms with E-state index in [1.54, 1.807) is 18.2 Å². The van der Waals surface area contributed by atoms with Crippen LogP contribution in [0.3, 0.4) is 0 Å². The molecule has 17 heavy (non-hydrogen) atoms. The number of methoxy groups -OCH3 is 1. The lowest BCUT2D eigenvalue weighted by atomic mass is 10.1. The lowest BCUT2D eigenvalue weighted by Crippen LogP contribution is -1.97. The minimum absolute atomic E-state index is 0.399. The number of ether oxygens (including phenoxy) is 1. The second kappa shape index (κ2) is 5.93. The maximum Gasteiger partial charge on any atom is 0.338 e. The standard InChI is InChI=1S/C10H8BrN3O3/c1-17-9-3-2-7(11)4-6(9)5-8(10(15)16)13-14-12/h2-5H,1H3,(H,15,16)/b8-5-. The van der Waals surface area contributed by atoms with Gasteiger partial charge in [-0.2, -0.15) is 0 Å². The summed E-state index contributed by atoms with van der Waals surface area (Å²) in [7, 11) is 1.47. The molecule has 0 aliphatic heterocycles. The predicted molar refractivity (Wildman–Crippen MR) is 65.5 cm³/mol. The molecule has 0 fully saturated rings. The number of carboxylic acid groups (broad SMARTS) is 1. The number of azide groups is 1. The number of nitrogens with zero attached hydrogens (tertiary/aromatic N) is 3. The number of carbonyl (C=O) groups is 1. The molecule has 1 N–H and O–H groups in total. The van der Waals surface area contributed by atoms with Gasteiger partial charge in [-0.25, -0.2) is 4.79 Å². The average Bonchev–Trinajstić information content (AvgIpc) is 2.28. The van der Waals surface area contributed by atoms with Crippen LogP contribution in [-0.4, -0.2) is 18.2 Å². The number of benzene rings is 1. The molecule has 0 saturated heterocycles. The molecular weight excluding hydrogens is 290 g/mol. The van der Waals surface area contributed by atoms with Crippen molar-refractivity contribution in [2.45, 2.75) is 0 Å². The van der Waals surface area contributed by atoms with Crippen molar-refractivity contribution < 1.29 is 14.6 Å². The average molecular weight is 298 g/mol. The first-order valence-corrected chi connectivity index (χ1v) is 5.21. The molecule has 1 rings (SSSR count). The molecule has 0 spiro atoms. The van der Waals surface area contributed by atoms with E-state index < -0.39 is 11.7 Å². The number of hydrogen-bond acceptors (Lipinski definition) is 3. The molecule has 0 amide bonds. The van der Waals surface area contributed by atoms with Gasteiger partial charge in [0.1, 0.15) is 11.4 Å². The first kappa shape index (κ1) is 13.1. The van der Waals surface area contributed by atoms with Gasteiger partial charge in [0.25, 0.3) is 0 Å². The van der Waals surface area contributed by atoms with Gasteiger partial charge < -0.3 is 9.84 Å². The Kier molecular flexibility index (Phi) is 4.56. The van der Waals surface area contributed by atoms with Gasteiger partial charge in [-0.15, -0.1) is 0 Å². The summed E-state index contributed by atoms with van der Waals surface area (Å²) in [5, 5.41) is 11.9. The molecule has 7 heteroatoms. The molecule has 0 radical (unpaired) electrons. The second-order valence-corrected chi connectivity index (χ2v) is 3.83. The fraction of sp³-hybridized carbons (Fsp3) is 0.100. The zero-order valence-electron chi connectivity index (χ0n) is 8.79. The molecule has 0 aliphatic carbocycles. The summed E-state index contributed by atoms with van der Waals surface area (Å²) in [6, 6.07) is 5.09. The molecule has 1 aromatic rings. The monoisotopic (exact) mass is 297 g/mol. The van der Waals surface area contributed by atoms with E-state index in [4.69, 9.17) is 15.4 Å². The quantitative estimate of drug-likeness (QED) is 0.400. The molecule has 0 saturated carbocycles. The van der Waals surface area contributed by atoms with Crippen LogP contribution in [0.15, 0.2) is 33.5 Å². The van der Waals surface area contributed by atoms with Crippen molar-refractivity contribution in [1.29, 1.82) is 0 Å². The van der Waals surface area contributed by atoms with Gasteiger partial charge in [0.15, 0.2) is 0 Å². The third kappa shape index (κ3) is 3.51. The van der Waals surface area contributed by atoms with E-state index in [0.29, 0.717) is 11.3 Å². The van der Waals surface area contributed by atoms with Crippen molar-refractivity contribution in [3.05, 3.63) is 44.4 Å². The highest BCUT2D eigenvalue weighted by atomic mass is 79.9. The van der Waals surface area contributed by atoms with Gasteiger partial charge in [0.2, 0.25) is 0 Å². The Hall–Kier alpha value is -1.98. The Bertz CT molecular complexity index is 518. The van der Waals surface area contributed by atoms with E-state index >= 15 is 0 Å². The van der Waals surface area contributed by atoms with Crippen LogP contribution >= 0.6 is 15.9 Å². The van der Waals surface area contributed by atoms with E-state index in [9.17, 15) is 4.79 Å². The van der Waals surface area contributed by atoms with Gasteiger partial charge in [-0.3, -0.25) is 0 Å². The van der Waals surface area contributed by atoms with Crippen LogP contribution in [0.5, 0.6) is 5.75 Å². The summed E-state index contributed by atoms with van der Waals surface area (Å²) in [5.41, 5.74) is 8.37. The van der Waals surface area contributed by atoms with E-state index in [0.717, 1.165) is 4.47 Å². The van der Waals surface area contributed by atoms with Crippen LogP contribution in [0.4, 0.5) is 0 Å². The molecule has 1 aromatic carbocycles. The van der Waals surface area contributed by atoms with Crippen molar-refractivity contribution in [3.8, 4) is 5.75 Å². The normalized spacial score (nSPS) is 10.6. The number of carboxylic acids is 1. The Balaban J connectivity index is 3.31. The summed E-state index contributed by atoms with van der Waals surface area (Å²) >= 11 is 3.26. The van der Waals surface area contributed by atoms with Crippen LogP contribution in [0.1, 0.15) is 5.56 Å². The van der Waals surface area contributed by atoms with E-state index in [1.807, 2.05) is 0 Å². The van der Waals surface area contributed by atoms with Gasteiger partial charge in [-0.1, -0.05) is 21.0 Å². The molecule has 0 atom stereocenters. The number of rotatable bonds is 4. The summed E-state index contributed by atoms with van der Waals surface area (Å²) in [6.07, 6.45) is 1.24. The van der Waals surface area contributed by atoms with Crippen molar-refractivity contribution in [2.24, 2.45) is 5.11 Å². The van der Waals surface area contributed by atoms with Gasteiger partial charge in [0.05, 0.1) is 7.11 Å². The molecular formula is C10H8BrN3O3. The fourth-order valence-corrected chi connectivity index (χ4v) is 1.53. The summed E-state index contributed by atoms with van der Waals surface area (Å²) in [4.78, 5) is 13.2. The zero-order valence-corrected chi connectivity index (χ0v) is 10.4. The van der Waals surface area contributed by atoms with Crippen LogP contribution < -0.4 is 4.74 Å². The molecule has 0 bridgehead atoms. The lowest BCUT2D eigenvalue weighted by Gasteiger charge is -2.05. The Labute approximate surface area is 105 Å². The second-order valence-electron chi connectivity index (χ2n) is 2.91. The fourth-order valence-electron chi connectivity index (χ4n) is 1.15. The Morgan fingerprint density at radius 2 is 2.35 bits per heavy atom. The lowest BCUT2D eigenvalue weighted by molar-refractivity contribution is -0.132. The number of hydrogen-bond donors (Lipinski definition) is 1. The molecule has 0 aromatic heterocycles. The maximum atomic E-state index is 10.8. The van der Waals surface area contributed by atoms with Gasteiger partial charge in [-0.05, 0) is 29.8 Å². The van der Waals surface area contributed by atoms with E-state index in [2.05, 4.69) is 26.0 Å². The largest absolute Gasteiger partial charge is 0.496 e. The van der Waals surface area contributed by atoms with Crippen LogP contribution in [-0.2, 0) is 4.79 Å². The smallest absolute Gasteiger partial charge is 0.338 e. The first-order valence-electron chi connectivity index (χ1n) is 4.42. The van der Waals surface area contributed by atoms with Crippen LogP contribution in [0.25, 0.3) is 16.5 Å². The molecule has 6 nitrogen and oxygen atoms in total. The summed E-state index contributed by atoms with van der Waals surface area (Å²) in [6.45, 7) is 0. The zero-order chi connectivity index (χ0) is 12.8. The topological polar surface area (TPSA) is 95.3 Å². The first-order chi connectivity index (χ1) is 8.08. The SMILES string of the molecule is COc1ccc(Br)cc1/C=C(\N=[N+]=[N-])C(=O)O. The number of aliphatic carboxylic acids is 1. The molecule has 0 unspecified atom stereocenters.